The zero-order valence-corrected chi connectivity index (χ0v) is 7.60. The lowest BCUT2D eigenvalue weighted by Crippen LogP contribution is -2.00. The Morgan fingerprint density at radius 1 is 1.15 bits per heavy atom. The van der Waals surface area contributed by atoms with E-state index in [0.717, 1.165) is 11.5 Å². The number of imidazole rings is 1. The Balaban J connectivity index is 2.53. The summed E-state index contributed by atoms with van der Waals surface area (Å²) in [6.45, 7) is 3.88. The Labute approximate surface area is 76.3 Å². The van der Waals surface area contributed by atoms with Gasteiger partial charge in [0, 0.05) is 18.6 Å². The standard InChI is InChI=1S/C9H10N4/c1-7-6-13(8(2)12-7)9-10-4-3-5-11-9/h3-6H,1-2H3. The molecule has 0 aliphatic heterocycles. The zero-order chi connectivity index (χ0) is 9.26. The van der Waals surface area contributed by atoms with Crippen LogP contribution in [0.4, 0.5) is 0 Å². The maximum absolute atomic E-state index is 4.27. The van der Waals surface area contributed by atoms with Crippen molar-refractivity contribution in [1.29, 1.82) is 0 Å². The summed E-state index contributed by atoms with van der Waals surface area (Å²) in [5.41, 5.74) is 0.977. The van der Waals surface area contributed by atoms with Crippen LogP contribution in [0, 0.1) is 13.8 Å². The normalized spacial score (nSPS) is 10.3. The second-order valence-corrected chi connectivity index (χ2v) is 2.85. The van der Waals surface area contributed by atoms with Crippen molar-refractivity contribution in [2.24, 2.45) is 0 Å². The smallest absolute Gasteiger partial charge is 0.235 e. The van der Waals surface area contributed by atoms with E-state index in [4.69, 9.17) is 0 Å². The van der Waals surface area contributed by atoms with E-state index >= 15 is 0 Å². The zero-order valence-electron chi connectivity index (χ0n) is 7.60. The Kier molecular flexibility index (Phi) is 1.81. The van der Waals surface area contributed by atoms with Gasteiger partial charge in [-0.2, -0.15) is 0 Å². The van der Waals surface area contributed by atoms with Gasteiger partial charge in [-0.25, -0.2) is 15.0 Å². The monoisotopic (exact) mass is 174 g/mol. The molecule has 0 saturated carbocycles. The van der Waals surface area contributed by atoms with Gasteiger partial charge in [0.2, 0.25) is 5.95 Å². The molecular weight excluding hydrogens is 164 g/mol. The minimum absolute atomic E-state index is 0.667. The van der Waals surface area contributed by atoms with Crippen LogP contribution in [0.25, 0.3) is 5.95 Å². The topological polar surface area (TPSA) is 43.6 Å². The molecule has 2 rings (SSSR count). The molecule has 0 aliphatic rings. The number of aromatic nitrogens is 4. The van der Waals surface area contributed by atoms with E-state index in [0.29, 0.717) is 5.95 Å². The van der Waals surface area contributed by atoms with E-state index in [1.165, 1.54) is 0 Å². The molecule has 0 bridgehead atoms. The van der Waals surface area contributed by atoms with Crippen LogP contribution in [-0.4, -0.2) is 19.5 Å². The fourth-order valence-corrected chi connectivity index (χ4v) is 1.24. The minimum atomic E-state index is 0.667. The summed E-state index contributed by atoms with van der Waals surface area (Å²) in [6, 6.07) is 1.79. The van der Waals surface area contributed by atoms with E-state index in [-0.39, 0.29) is 0 Å². The quantitative estimate of drug-likeness (QED) is 0.654. The Morgan fingerprint density at radius 3 is 2.38 bits per heavy atom. The number of aryl methyl sites for hydroxylation is 2. The summed E-state index contributed by atoms with van der Waals surface area (Å²) in [5.74, 6) is 1.57. The molecule has 2 aromatic heterocycles. The number of rotatable bonds is 1. The van der Waals surface area contributed by atoms with Crippen LogP contribution < -0.4 is 0 Å². The minimum Gasteiger partial charge on any atom is -0.272 e. The van der Waals surface area contributed by atoms with Crippen molar-refractivity contribution in [3.8, 4) is 5.95 Å². The van der Waals surface area contributed by atoms with E-state index in [1.54, 1.807) is 18.5 Å². The molecule has 0 radical (unpaired) electrons. The average molecular weight is 174 g/mol. The largest absolute Gasteiger partial charge is 0.272 e. The fourth-order valence-electron chi connectivity index (χ4n) is 1.24. The number of hydrogen-bond acceptors (Lipinski definition) is 3. The second kappa shape index (κ2) is 2.97. The van der Waals surface area contributed by atoms with Gasteiger partial charge in [-0.3, -0.25) is 4.57 Å². The third-order valence-corrected chi connectivity index (χ3v) is 1.77. The first-order valence-corrected chi connectivity index (χ1v) is 4.07. The van der Waals surface area contributed by atoms with Crippen molar-refractivity contribution in [3.05, 3.63) is 36.2 Å². The van der Waals surface area contributed by atoms with Gasteiger partial charge in [-0.15, -0.1) is 0 Å². The highest BCUT2D eigenvalue weighted by atomic mass is 15.2. The SMILES string of the molecule is Cc1cn(-c2ncccn2)c(C)n1. The van der Waals surface area contributed by atoms with Crippen molar-refractivity contribution in [1.82, 2.24) is 19.5 Å². The van der Waals surface area contributed by atoms with Gasteiger partial charge in [0.05, 0.1) is 5.69 Å². The summed E-state index contributed by atoms with van der Waals surface area (Å²) < 4.78 is 1.87. The Hall–Kier alpha value is -1.71. The van der Waals surface area contributed by atoms with Crippen LogP contribution in [0.3, 0.4) is 0 Å². The molecule has 2 heterocycles. The first kappa shape index (κ1) is 7.91. The van der Waals surface area contributed by atoms with E-state index in [1.807, 2.05) is 24.6 Å². The molecular formula is C9H10N4. The molecule has 0 atom stereocenters. The summed E-state index contributed by atoms with van der Waals surface area (Å²) in [5, 5.41) is 0. The average Bonchev–Trinajstić information content (AvgIpc) is 2.47. The van der Waals surface area contributed by atoms with Crippen LogP contribution in [-0.2, 0) is 0 Å². The number of hydrogen-bond donors (Lipinski definition) is 0. The van der Waals surface area contributed by atoms with E-state index in [2.05, 4.69) is 15.0 Å². The van der Waals surface area contributed by atoms with Crippen molar-refractivity contribution in [2.45, 2.75) is 13.8 Å². The third-order valence-electron chi connectivity index (χ3n) is 1.77. The van der Waals surface area contributed by atoms with Crippen LogP contribution in [0.2, 0.25) is 0 Å². The fraction of sp³-hybridized carbons (Fsp3) is 0.222. The molecule has 0 amide bonds. The molecule has 2 aromatic rings. The summed E-state index contributed by atoms with van der Waals surface area (Å²) in [7, 11) is 0. The van der Waals surface area contributed by atoms with Gasteiger partial charge >= 0.3 is 0 Å². The first-order chi connectivity index (χ1) is 6.27. The Bertz CT molecular complexity index is 405. The Morgan fingerprint density at radius 2 is 1.85 bits per heavy atom. The molecule has 0 aliphatic carbocycles. The lowest BCUT2D eigenvalue weighted by molar-refractivity contribution is 0.882. The van der Waals surface area contributed by atoms with Gasteiger partial charge in [-0.1, -0.05) is 0 Å². The van der Waals surface area contributed by atoms with Crippen LogP contribution in [0.5, 0.6) is 0 Å². The highest BCUT2D eigenvalue weighted by Crippen LogP contribution is 2.05. The van der Waals surface area contributed by atoms with E-state index < -0.39 is 0 Å². The van der Waals surface area contributed by atoms with Crippen LogP contribution in [0.1, 0.15) is 11.5 Å². The van der Waals surface area contributed by atoms with Gasteiger partial charge in [-0.05, 0) is 19.9 Å². The molecule has 0 N–H and O–H groups in total. The van der Waals surface area contributed by atoms with Gasteiger partial charge < -0.3 is 0 Å². The predicted octanol–water partition coefficient (Wildman–Crippen LogP) is 1.28. The maximum Gasteiger partial charge on any atom is 0.235 e. The predicted molar refractivity (Wildman–Crippen MR) is 48.6 cm³/mol. The third kappa shape index (κ3) is 1.42. The van der Waals surface area contributed by atoms with E-state index in [9.17, 15) is 0 Å². The van der Waals surface area contributed by atoms with Crippen molar-refractivity contribution < 1.29 is 0 Å². The highest BCUT2D eigenvalue weighted by molar-refractivity contribution is 5.16. The highest BCUT2D eigenvalue weighted by Gasteiger charge is 2.03. The van der Waals surface area contributed by atoms with Crippen molar-refractivity contribution in [3.63, 3.8) is 0 Å². The molecule has 66 valence electrons. The summed E-state index contributed by atoms with van der Waals surface area (Å²) >= 11 is 0. The van der Waals surface area contributed by atoms with Gasteiger partial charge in [0.25, 0.3) is 0 Å². The molecule has 0 fully saturated rings. The lowest BCUT2D eigenvalue weighted by Gasteiger charge is -1.99. The molecule has 13 heavy (non-hydrogen) atoms. The molecule has 0 spiro atoms. The van der Waals surface area contributed by atoms with Crippen LogP contribution in [0.15, 0.2) is 24.7 Å². The molecule has 4 nitrogen and oxygen atoms in total. The molecule has 0 saturated heterocycles. The van der Waals surface area contributed by atoms with Gasteiger partial charge in [0.15, 0.2) is 0 Å². The number of nitrogens with zero attached hydrogens (tertiary/aromatic N) is 4. The maximum atomic E-state index is 4.27. The lowest BCUT2D eigenvalue weighted by atomic mass is 10.6. The molecule has 0 aromatic carbocycles. The molecule has 0 unspecified atom stereocenters. The van der Waals surface area contributed by atoms with Gasteiger partial charge in [0.1, 0.15) is 5.82 Å². The van der Waals surface area contributed by atoms with Crippen LogP contribution >= 0.6 is 0 Å². The van der Waals surface area contributed by atoms with Crippen molar-refractivity contribution >= 4 is 0 Å². The second-order valence-electron chi connectivity index (χ2n) is 2.85. The van der Waals surface area contributed by atoms with Crippen molar-refractivity contribution in [2.75, 3.05) is 0 Å². The summed E-state index contributed by atoms with van der Waals surface area (Å²) in [6.07, 6.45) is 5.36. The molecule has 4 heteroatoms. The summed E-state index contributed by atoms with van der Waals surface area (Å²) in [4.78, 5) is 12.5. The first-order valence-electron chi connectivity index (χ1n) is 4.07.